The highest BCUT2D eigenvalue weighted by Crippen LogP contribution is 2.14. The van der Waals surface area contributed by atoms with Crippen LogP contribution in [0.3, 0.4) is 0 Å². The van der Waals surface area contributed by atoms with Crippen molar-refractivity contribution in [3.05, 3.63) is 35.9 Å². The molecule has 13 heavy (non-hydrogen) atoms. The van der Waals surface area contributed by atoms with E-state index in [9.17, 15) is 4.79 Å². The van der Waals surface area contributed by atoms with E-state index in [4.69, 9.17) is 0 Å². The second kappa shape index (κ2) is 4.72. The van der Waals surface area contributed by atoms with Crippen LogP contribution >= 0.6 is 12.6 Å². The predicted molar refractivity (Wildman–Crippen MR) is 54.7 cm³/mol. The van der Waals surface area contributed by atoms with E-state index in [1.54, 1.807) is 6.08 Å². The molecule has 1 rings (SSSR count). The van der Waals surface area contributed by atoms with Gasteiger partial charge in [0.25, 0.3) is 0 Å². The molecule has 0 aliphatic rings. The number of carbonyl (C=O) groups excluding carboxylic acids is 1. The molecule has 0 radical (unpaired) electrons. The molecule has 0 fully saturated rings. The molecule has 0 bridgehead atoms. The molecule has 0 N–H and O–H groups in total. The van der Waals surface area contributed by atoms with E-state index in [1.807, 2.05) is 24.3 Å². The minimum Gasteiger partial charge on any atom is -0.466 e. The Hall–Kier alpha value is -1.22. The topological polar surface area (TPSA) is 26.3 Å². The summed E-state index contributed by atoms with van der Waals surface area (Å²) in [6, 6.07) is 7.51. The Morgan fingerprint density at radius 1 is 1.46 bits per heavy atom. The highest BCUT2D eigenvalue weighted by molar-refractivity contribution is 7.80. The van der Waals surface area contributed by atoms with Crippen molar-refractivity contribution in [2.45, 2.75) is 4.90 Å². The van der Waals surface area contributed by atoms with E-state index in [1.165, 1.54) is 13.2 Å². The molecular weight excluding hydrogens is 184 g/mol. The number of thiol groups is 1. The van der Waals surface area contributed by atoms with E-state index in [2.05, 4.69) is 17.4 Å². The number of rotatable bonds is 2. The predicted octanol–water partition coefficient (Wildman–Crippen LogP) is 2.16. The Kier molecular flexibility index (Phi) is 3.58. The van der Waals surface area contributed by atoms with E-state index in [-0.39, 0.29) is 5.97 Å². The number of hydrogen-bond acceptors (Lipinski definition) is 3. The number of esters is 1. The Morgan fingerprint density at radius 2 is 2.15 bits per heavy atom. The van der Waals surface area contributed by atoms with Crippen LogP contribution in [0.25, 0.3) is 6.08 Å². The fourth-order valence-electron chi connectivity index (χ4n) is 0.854. The van der Waals surface area contributed by atoms with E-state index in [0.29, 0.717) is 0 Å². The smallest absolute Gasteiger partial charge is 0.330 e. The lowest BCUT2D eigenvalue weighted by atomic mass is 10.2. The average Bonchev–Trinajstić information content (AvgIpc) is 2.16. The fourth-order valence-corrected chi connectivity index (χ4v) is 1.09. The highest BCUT2D eigenvalue weighted by Gasteiger charge is 1.94. The van der Waals surface area contributed by atoms with Crippen LogP contribution in [0.5, 0.6) is 0 Å². The molecule has 1 aromatic rings. The van der Waals surface area contributed by atoms with Gasteiger partial charge in [-0.15, -0.1) is 12.6 Å². The lowest BCUT2D eigenvalue weighted by Gasteiger charge is -1.96. The molecule has 0 saturated carbocycles. The maximum atomic E-state index is 10.8. The molecule has 0 aliphatic heterocycles. The van der Waals surface area contributed by atoms with Gasteiger partial charge in [-0.05, 0) is 17.7 Å². The van der Waals surface area contributed by atoms with Crippen molar-refractivity contribution in [2.24, 2.45) is 0 Å². The van der Waals surface area contributed by atoms with Crippen molar-refractivity contribution in [2.75, 3.05) is 7.11 Å². The van der Waals surface area contributed by atoms with Gasteiger partial charge in [-0.25, -0.2) is 4.79 Å². The van der Waals surface area contributed by atoms with Crippen LogP contribution in [-0.2, 0) is 9.53 Å². The van der Waals surface area contributed by atoms with Gasteiger partial charge in [0.2, 0.25) is 0 Å². The molecule has 0 amide bonds. The van der Waals surface area contributed by atoms with Crippen molar-refractivity contribution < 1.29 is 9.53 Å². The third kappa shape index (κ3) is 2.95. The number of hydrogen-bond donors (Lipinski definition) is 1. The quantitative estimate of drug-likeness (QED) is 0.443. The number of methoxy groups -OCH3 is 1. The van der Waals surface area contributed by atoms with Gasteiger partial charge in [0, 0.05) is 11.0 Å². The Morgan fingerprint density at radius 3 is 2.77 bits per heavy atom. The second-order valence-corrected chi connectivity index (χ2v) is 2.90. The van der Waals surface area contributed by atoms with E-state index >= 15 is 0 Å². The maximum absolute atomic E-state index is 10.8. The number of benzene rings is 1. The first-order chi connectivity index (χ1) is 6.24. The maximum Gasteiger partial charge on any atom is 0.330 e. The first kappa shape index (κ1) is 9.86. The minimum atomic E-state index is -0.364. The van der Waals surface area contributed by atoms with Gasteiger partial charge in [-0.3, -0.25) is 0 Å². The van der Waals surface area contributed by atoms with Gasteiger partial charge < -0.3 is 4.74 Å². The zero-order valence-corrected chi connectivity index (χ0v) is 8.12. The molecule has 0 atom stereocenters. The summed E-state index contributed by atoms with van der Waals surface area (Å²) in [5.74, 6) is -0.364. The average molecular weight is 194 g/mol. The summed E-state index contributed by atoms with van der Waals surface area (Å²) in [6.45, 7) is 0. The van der Waals surface area contributed by atoms with Gasteiger partial charge in [-0.2, -0.15) is 0 Å². The van der Waals surface area contributed by atoms with Crippen LogP contribution in [0, 0.1) is 0 Å². The Bertz CT molecular complexity index is 331. The summed E-state index contributed by atoms with van der Waals surface area (Å²) in [6.07, 6.45) is 3.04. The van der Waals surface area contributed by atoms with Crippen molar-refractivity contribution in [1.29, 1.82) is 0 Å². The van der Waals surface area contributed by atoms with Crippen molar-refractivity contribution in [3.8, 4) is 0 Å². The number of carbonyl (C=O) groups is 1. The van der Waals surface area contributed by atoms with Crippen LogP contribution in [-0.4, -0.2) is 13.1 Å². The first-order valence-corrected chi connectivity index (χ1v) is 4.23. The SMILES string of the molecule is COC(=O)/C=C/c1ccccc1S. The summed E-state index contributed by atoms with van der Waals surface area (Å²) in [5.41, 5.74) is 0.899. The molecule has 0 unspecified atom stereocenters. The van der Waals surface area contributed by atoms with Crippen LogP contribution in [0.15, 0.2) is 35.2 Å². The van der Waals surface area contributed by atoms with Crippen LogP contribution in [0.1, 0.15) is 5.56 Å². The molecule has 0 spiro atoms. The standard InChI is InChI=1S/C10H10O2S/c1-12-10(11)7-6-8-4-2-3-5-9(8)13/h2-7,13H,1H3/b7-6+. The Labute approximate surface area is 82.6 Å². The van der Waals surface area contributed by atoms with Gasteiger partial charge >= 0.3 is 5.97 Å². The molecule has 68 valence electrons. The lowest BCUT2D eigenvalue weighted by molar-refractivity contribution is -0.134. The van der Waals surface area contributed by atoms with Gasteiger partial charge in [0.1, 0.15) is 0 Å². The van der Waals surface area contributed by atoms with Crippen molar-refractivity contribution in [3.63, 3.8) is 0 Å². The third-order valence-electron chi connectivity index (χ3n) is 1.54. The lowest BCUT2D eigenvalue weighted by Crippen LogP contribution is -1.93. The fraction of sp³-hybridized carbons (Fsp3) is 0.100. The summed E-state index contributed by atoms with van der Waals surface area (Å²) in [4.78, 5) is 11.6. The summed E-state index contributed by atoms with van der Waals surface area (Å²) >= 11 is 4.23. The van der Waals surface area contributed by atoms with Crippen molar-refractivity contribution >= 4 is 24.7 Å². The van der Waals surface area contributed by atoms with Crippen LogP contribution in [0.4, 0.5) is 0 Å². The summed E-state index contributed by atoms with van der Waals surface area (Å²) in [7, 11) is 1.35. The molecule has 0 heterocycles. The monoisotopic (exact) mass is 194 g/mol. The van der Waals surface area contributed by atoms with Gasteiger partial charge in [-0.1, -0.05) is 18.2 Å². The molecule has 2 nitrogen and oxygen atoms in total. The molecule has 0 aliphatic carbocycles. The van der Waals surface area contributed by atoms with Crippen molar-refractivity contribution in [1.82, 2.24) is 0 Å². The zero-order chi connectivity index (χ0) is 9.68. The zero-order valence-electron chi connectivity index (χ0n) is 7.23. The summed E-state index contributed by atoms with van der Waals surface area (Å²) in [5, 5.41) is 0. The van der Waals surface area contributed by atoms with Crippen LogP contribution < -0.4 is 0 Å². The summed E-state index contributed by atoms with van der Waals surface area (Å²) < 4.78 is 4.46. The van der Waals surface area contributed by atoms with Gasteiger partial charge in [0.05, 0.1) is 7.11 Å². The normalized spacial score (nSPS) is 10.3. The number of ether oxygens (including phenoxy) is 1. The van der Waals surface area contributed by atoms with E-state index in [0.717, 1.165) is 10.5 Å². The molecule has 0 saturated heterocycles. The van der Waals surface area contributed by atoms with Crippen LogP contribution in [0.2, 0.25) is 0 Å². The first-order valence-electron chi connectivity index (χ1n) is 3.78. The molecule has 0 aromatic heterocycles. The largest absolute Gasteiger partial charge is 0.466 e. The third-order valence-corrected chi connectivity index (χ3v) is 1.94. The minimum absolute atomic E-state index is 0.364. The molecule has 3 heteroatoms. The Balaban J connectivity index is 2.80. The van der Waals surface area contributed by atoms with Gasteiger partial charge in [0.15, 0.2) is 0 Å². The second-order valence-electron chi connectivity index (χ2n) is 2.42. The van der Waals surface area contributed by atoms with E-state index < -0.39 is 0 Å². The molecular formula is C10H10O2S. The highest BCUT2D eigenvalue weighted by atomic mass is 32.1. The molecule has 1 aromatic carbocycles.